The number of hydrogen-bond donors (Lipinski definition) is 1. The summed E-state index contributed by atoms with van der Waals surface area (Å²) in [5, 5.41) is 9.21. The second-order valence-electron chi connectivity index (χ2n) is 3.63. The monoisotopic (exact) mass is 272 g/mol. The maximum Gasteiger partial charge on any atom is 0.189 e. The van der Waals surface area contributed by atoms with Gasteiger partial charge in [-0.3, -0.25) is 0 Å². The second-order valence-corrected chi connectivity index (χ2v) is 4.49. The fraction of sp³-hybridized carbons (Fsp3) is 0.455. The molecule has 15 heavy (non-hydrogen) atoms. The Morgan fingerprint density at radius 1 is 1.53 bits per heavy atom. The molecule has 0 radical (unpaired) electrons. The van der Waals surface area contributed by atoms with Gasteiger partial charge in [-0.25, -0.2) is 0 Å². The van der Waals surface area contributed by atoms with Crippen molar-refractivity contribution in [2.24, 2.45) is 0 Å². The molecule has 0 saturated heterocycles. The Bertz CT molecular complexity index is 365. The van der Waals surface area contributed by atoms with Crippen LogP contribution in [0.4, 0.5) is 0 Å². The van der Waals surface area contributed by atoms with Gasteiger partial charge >= 0.3 is 0 Å². The summed E-state index contributed by atoms with van der Waals surface area (Å²) in [5.74, 6) is 0.944. The molecular formula is C11H13BrO3. The molecule has 0 bridgehead atoms. The Kier molecular flexibility index (Phi) is 3.29. The quantitative estimate of drug-likeness (QED) is 0.899. The highest BCUT2D eigenvalue weighted by Gasteiger charge is 2.20. The van der Waals surface area contributed by atoms with Crippen molar-refractivity contribution in [1.82, 2.24) is 0 Å². The minimum Gasteiger partial charge on any atom is -0.467 e. The lowest BCUT2D eigenvalue weighted by Crippen LogP contribution is -2.15. The molecule has 1 unspecified atom stereocenters. The van der Waals surface area contributed by atoms with Gasteiger partial charge in [0.05, 0.1) is 6.61 Å². The van der Waals surface area contributed by atoms with Crippen molar-refractivity contribution in [1.29, 1.82) is 0 Å². The van der Waals surface area contributed by atoms with E-state index in [2.05, 4.69) is 15.9 Å². The van der Waals surface area contributed by atoms with E-state index < -0.39 is 0 Å². The van der Waals surface area contributed by atoms with E-state index in [1.54, 1.807) is 0 Å². The molecule has 1 atom stereocenters. The van der Waals surface area contributed by atoms with Gasteiger partial charge in [0.25, 0.3) is 0 Å². The molecule has 1 aliphatic rings. The first-order valence-electron chi connectivity index (χ1n) is 4.86. The van der Waals surface area contributed by atoms with Crippen molar-refractivity contribution in [3.8, 4) is 5.75 Å². The van der Waals surface area contributed by atoms with Crippen LogP contribution < -0.4 is 4.74 Å². The minimum atomic E-state index is 0.0830. The third-order valence-corrected chi connectivity index (χ3v) is 3.26. The molecule has 82 valence electrons. The van der Waals surface area contributed by atoms with Crippen LogP contribution in [-0.4, -0.2) is 18.5 Å². The molecule has 1 aliphatic heterocycles. The van der Waals surface area contributed by atoms with E-state index in [4.69, 9.17) is 9.47 Å². The summed E-state index contributed by atoms with van der Waals surface area (Å²) >= 11 is 3.49. The molecule has 0 saturated carbocycles. The van der Waals surface area contributed by atoms with Gasteiger partial charge in [-0.05, 0) is 17.7 Å². The van der Waals surface area contributed by atoms with Crippen LogP contribution in [0.3, 0.4) is 0 Å². The number of aliphatic hydroxyl groups is 1. The molecule has 2 rings (SSSR count). The lowest BCUT2D eigenvalue weighted by molar-refractivity contribution is -0.0171. The van der Waals surface area contributed by atoms with E-state index in [0.29, 0.717) is 13.4 Å². The SMILES string of the molecule is CC(CO)c1c(Br)ccc2c1COCO2. The summed E-state index contributed by atoms with van der Waals surface area (Å²) in [6, 6.07) is 3.88. The van der Waals surface area contributed by atoms with Crippen LogP contribution in [0.25, 0.3) is 0 Å². The second kappa shape index (κ2) is 4.51. The number of halogens is 1. The smallest absolute Gasteiger partial charge is 0.189 e. The zero-order valence-corrected chi connectivity index (χ0v) is 10.1. The predicted octanol–water partition coefficient (Wildman–Crippen LogP) is 2.41. The first-order valence-corrected chi connectivity index (χ1v) is 5.66. The maximum atomic E-state index is 9.21. The maximum absolute atomic E-state index is 9.21. The molecular weight excluding hydrogens is 260 g/mol. The van der Waals surface area contributed by atoms with Gasteiger partial charge in [-0.1, -0.05) is 22.9 Å². The van der Waals surface area contributed by atoms with Crippen LogP contribution in [0.5, 0.6) is 5.75 Å². The van der Waals surface area contributed by atoms with Crippen molar-refractivity contribution in [2.45, 2.75) is 19.4 Å². The van der Waals surface area contributed by atoms with Crippen molar-refractivity contribution in [3.05, 3.63) is 27.7 Å². The molecule has 1 N–H and O–H groups in total. The van der Waals surface area contributed by atoms with Crippen molar-refractivity contribution >= 4 is 15.9 Å². The molecule has 4 heteroatoms. The fourth-order valence-corrected chi connectivity index (χ4v) is 2.54. The van der Waals surface area contributed by atoms with E-state index in [1.807, 2.05) is 19.1 Å². The zero-order chi connectivity index (χ0) is 10.8. The Morgan fingerprint density at radius 3 is 3.07 bits per heavy atom. The van der Waals surface area contributed by atoms with Crippen molar-refractivity contribution in [2.75, 3.05) is 13.4 Å². The van der Waals surface area contributed by atoms with Gasteiger partial charge in [0.2, 0.25) is 0 Å². The molecule has 1 aromatic carbocycles. The summed E-state index contributed by atoms with van der Waals surface area (Å²) in [6.45, 7) is 2.96. The molecule has 3 nitrogen and oxygen atoms in total. The van der Waals surface area contributed by atoms with E-state index in [0.717, 1.165) is 21.3 Å². The molecule has 0 aliphatic carbocycles. The van der Waals surface area contributed by atoms with Crippen molar-refractivity contribution < 1.29 is 14.6 Å². The number of fused-ring (bicyclic) bond motifs is 1. The number of hydrogen-bond acceptors (Lipinski definition) is 3. The summed E-state index contributed by atoms with van der Waals surface area (Å²) in [7, 11) is 0. The highest BCUT2D eigenvalue weighted by atomic mass is 79.9. The molecule has 1 aromatic rings. The van der Waals surface area contributed by atoms with E-state index in [-0.39, 0.29) is 12.5 Å². The average Bonchev–Trinajstić information content (AvgIpc) is 2.28. The van der Waals surface area contributed by atoms with Crippen LogP contribution in [0.15, 0.2) is 16.6 Å². The third-order valence-electron chi connectivity index (χ3n) is 2.57. The van der Waals surface area contributed by atoms with E-state index in [9.17, 15) is 5.11 Å². The standard InChI is InChI=1S/C11H13BrO3/c1-7(4-13)11-8-5-14-6-15-10(8)3-2-9(11)12/h2-3,7,13H,4-6H2,1H3. The average molecular weight is 273 g/mol. The number of ether oxygens (including phenoxy) is 2. The summed E-state index contributed by atoms with van der Waals surface area (Å²) in [4.78, 5) is 0. The lowest BCUT2D eigenvalue weighted by atomic mass is 9.95. The summed E-state index contributed by atoms with van der Waals surface area (Å²) < 4.78 is 11.6. The molecule has 0 amide bonds. The fourth-order valence-electron chi connectivity index (χ4n) is 1.77. The third kappa shape index (κ3) is 2.02. The Morgan fingerprint density at radius 2 is 2.33 bits per heavy atom. The zero-order valence-electron chi connectivity index (χ0n) is 8.50. The number of benzene rings is 1. The molecule has 1 heterocycles. The van der Waals surface area contributed by atoms with Gasteiger partial charge in [-0.2, -0.15) is 0 Å². The van der Waals surface area contributed by atoms with E-state index in [1.165, 1.54) is 0 Å². The van der Waals surface area contributed by atoms with E-state index >= 15 is 0 Å². The van der Waals surface area contributed by atoms with Gasteiger partial charge < -0.3 is 14.6 Å². The van der Waals surface area contributed by atoms with Crippen molar-refractivity contribution in [3.63, 3.8) is 0 Å². The minimum absolute atomic E-state index is 0.0830. The van der Waals surface area contributed by atoms with Crippen LogP contribution in [0.2, 0.25) is 0 Å². The highest BCUT2D eigenvalue weighted by molar-refractivity contribution is 9.10. The number of rotatable bonds is 2. The number of aliphatic hydroxyl groups excluding tert-OH is 1. The molecule has 0 fully saturated rings. The van der Waals surface area contributed by atoms with Gasteiger partial charge in [-0.15, -0.1) is 0 Å². The van der Waals surface area contributed by atoms with Crippen LogP contribution in [0, 0.1) is 0 Å². The Hall–Kier alpha value is -0.580. The van der Waals surface area contributed by atoms with Gasteiger partial charge in [0.15, 0.2) is 6.79 Å². The summed E-state index contributed by atoms with van der Waals surface area (Å²) in [6.07, 6.45) is 0. The van der Waals surface area contributed by atoms with Gasteiger partial charge in [0, 0.05) is 22.6 Å². The normalized spacial score (nSPS) is 16.7. The Balaban J connectivity index is 2.50. The van der Waals surface area contributed by atoms with Gasteiger partial charge in [0.1, 0.15) is 5.75 Å². The predicted molar refractivity (Wildman–Crippen MR) is 59.9 cm³/mol. The topological polar surface area (TPSA) is 38.7 Å². The molecule has 0 spiro atoms. The van der Waals surface area contributed by atoms with Crippen LogP contribution >= 0.6 is 15.9 Å². The largest absolute Gasteiger partial charge is 0.467 e. The first kappa shape index (κ1) is 10.9. The summed E-state index contributed by atoms with van der Waals surface area (Å²) in [5.41, 5.74) is 2.12. The Labute approximate surface area is 97.1 Å². The first-order chi connectivity index (χ1) is 7.24. The molecule has 0 aromatic heterocycles. The highest BCUT2D eigenvalue weighted by Crippen LogP contribution is 2.36. The van der Waals surface area contributed by atoms with Crippen LogP contribution in [0.1, 0.15) is 24.0 Å². The van der Waals surface area contributed by atoms with Crippen LogP contribution in [-0.2, 0) is 11.3 Å². The lowest BCUT2D eigenvalue weighted by Gasteiger charge is -2.23.